The summed E-state index contributed by atoms with van der Waals surface area (Å²) in [6.45, 7) is 1.30. The summed E-state index contributed by atoms with van der Waals surface area (Å²) in [4.78, 5) is 11.9. The van der Waals surface area contributed by atoms with E-state index in [1.165, 1.54) is 49.4 Å². The van der Waals surface area contributed by atoms with Gasteiger partial charge in [0.25, 0.3) is 10.1 Å². The van der Waals surface area contributed by atoms with Gasteiger partial charge in [0.05, 0.1) is 22.2 Å². The molecule has 18 heteroatoms. The van der Waals surface area contributed by atoms with E-state index in [9.17, 15) is 21.4 Å². The highest BCUT2D eigenvalue weighted by atomic mass is 35.5. The summed E-state index contributed by atoms with van der Waals surface area (Å²) in [6, 6.07) is 9.86. The molecule has 1 aromatic heterocycles. The van der Waals surface area contributed by atoms with E-state index in [2.05, 4.69) is 35.0 Å². The second-order valence-electron chi connectivity index (χ2n) is 6.83. The molecule has 36 heavy (non-hydrogen) atoms. The molecule has 0 unspecified atom stereocenters. The number of benzene rings is 2. The van der Waals surface area contributed by atoms with Crippen LogP contribution in [0, 0.1) is 6.92 Å². The van der Waals surface area contributed by atoms with E-state index in [0.717, 1.165) is 0 Å². The zero-order valence-corrected chi connectivity index (χ0v) is 21.4. The van der Waals surface area contributed by atoms with Crippen LogP contribution in [0.1, 0.15) is 5.56 Å². The summed E-state index contributed by atoms with van der Waals surface area (Å²) >= 11 is 6.27. The molecule has 0 atom stereocenters. The minimum atomic E-state index is -4.35. The molecule has 0 aliphatic carbocycles. The van der Waals surface area contributed by atoms with Gasteiger partial charge >= 0.3 is 0 Å². The zero-order chi connectivity index (χ0) is 26.3. The highest BCUT2D eigenvalue weighted by molar-refractivity contribution is 7.91. The first kappa shape index (κ1) is 28.0. The molecule has 0 aliphatic heterocycles. The lowest BCUT2D eigenvalue weighted by molar-refractivity contribution is -0.434. The fourth-order valence-electron chi connectivity index (χ4n) is 2.81. The Labute approximate surface area is 214 Å². The third-order valence-corrected chi connectivity index (χ3v) is 7.59. The van der Waals surface area contributed by atoms with Gasteiger partial charge in [0, 0.05) is 11.4 Å². The molecule has 1 heterocycles. The van der Waals surface area contributed by atoms with Crippen LogP contribution in [-0.2, 0) is 33.5 Å². The molecular formula is C18H18ClN5O9S3. The van der Waals surface area contributed by atoms with Gasteiger partial charge in [-0.2, -0.15) is 23.4 Å². The maximum absolute atomic E-state index is 12.4. The number of rotatable bonds is 12. The van der Waals surface area contributed by atoms with E-state index in [4.69, 9.17) is 21.0 Å². The Bertz CT molecular complexity index is 1420. The van der Waals surface area contributed by atoms with E-state index in [0.29, 0.717) is 16.9 Å². The summed E-state index contributed by atoms with van der Waals surface area (Å²) in [7, 11) is -8.01. The Morgan fingerprint density at radius 3 is 2.17 bits per heavy atom. The number of anilines is 4. The van der Waals surface area contributed by atoms with Crippen molar-refractivity contribution in [3.05, 3.63) is 53.3 Å². The van der Waals surface area contributed by atoms with Crippen LogP contribution in [0.15, 0.2) is 52.3 Å². The first-order chi connectivity index (χ1) is 17.0. The van der Waals surface area contributed by atoms with Gasteiger partial charge in [-0.1, -0.05) is 5.04 Å². The van der Waals surface area contributed by atoms with Gasteiger partial charge < -0.3 is 10.6 Å². The normalized spacial score (nSPS) is 11.9. The first-order valence-corrected chi connectivity index (χ1v) is 13.7. The van der Waals surface area contributed by atoms with Crippen molar-refractivity contribution in [3.63, 3.8) is 0 Å². The Balaban J connectivity index is 1.69. The standard InChI is InChI=1S/C18H18ClN5O9S3/c1-11-10-13(4-7-15(11)36(28,29)30)21-18-23-16(19)22-17(24-18)20-12-2-5-14(6-3-12)35(26,27)9-8-31-34-33-32-25/h2-7,10,25H,8-9H2,1H3,(H,28,29,30)(H2,20,21,22,23,24). The van der Waals surface area contributed by atoms with Crippen LogP contribution in [0.4, 0.5) is 23.3 Å². The summed E-state index contributed by atoms with van der Waals surface area (Å²) in [5.74, 6) is -0.246. The van der Waals surface area contributed by atoms with Crippen molar-refractivity contribution < 1.29 is 40.2 Å². The summed E-state index contributed by atoms with van der Waals surface area (Å²) in [6.07, 6.45) is 0. The number of nitrogens with zero attached hydrogens (tertiary/aromatic N) is 3. The zero-order valence-electron chi connectivity index (χ0n) is 18.2. The minimum Gasteiger partial charge on any atom is -0.324 e. The van der Waals surface area contributed by atoms with Crippen molar-refractivity contribution in [1.29, 1.82) is 0 Å². The van der Waals surface area contributed by atoms with Gasteiger partial charge in [0.1, 0.15) is 0 Å². The second-order valence-corrected chi connectivity index (χ2v) is 11.2. The number of hydrogen-bond donors (Lipinski definition) is 4. The number of hydrogen-bond acceptors (Lipinski definition) is 14. The number of aryl methyl sites for hydroxylation is 1. The Hall–Kier alpha value is -2.61. The molecule has 0 bridgehead atoms. The van der Waals surface area contributed by atoms with Crippen molar-refractivity contribution in [3.8, 4) is 0 Å². The Morgan fingerprint density at radius 1 is 0.972 bits per heavy atom. The molecule has 3 rings (SSSR count). The maximum atomic E-state index is 12.4. The number of nitrogens with one attached hydrogen (secondary N) is 2. The van der Waals surface area contributed by atoms with Crippen LogP contribution in [0.5, 0.6) is 0 Å². The third kappa shape index (κ3) is 7.95. The number of sulfone groups is 1. The highest BCUT2D eigenvalue weighted by Crippen LogP contribution is 2.23. The lowest BCUT2D eigenvalue weighted by atomic mass is 10.2. The summed E-state index contributed by atoms with van der Waals surface area (Å²) in [5, 5.41) is 16.9. The van der Waals surface area contributed by atoms with Crippen molar-refractivity contribution >= 4 is 67.2 Å². The molecule has 0 aliphatic rings. The first-order valence-electron chi connectivity index (χ1n) is 9.61. The van der Waals surface area contributed by atoms with Gasteiger partial charge in [-0.05, 0) is 66.6 Å². The van der Waals surface area contributed by atoms with Crippen LogP contribution in [0.2, 0.25) is 5.28 Å². The molecule has 0 fully saturated rings. The fourth-order valence-corrected chi connectivity index (χ4v) is 5.09. The topological polar surface area (TPSA) is 199 Å². The van der Waals surface area contributed by atoms with E-state index in [-0.39, 0.29) is 51.7 Å². The molecule has 0 spiro atoms. The van der Waals surface area contributed by atoms with Crippen molar-refractivity contribution in [2.24, 2.45) is 0 Å². The van der Waals surface area contributed by atoms with Crippen LogP contribution in [0.3, 0.4) is 0 Å². The monoisotopic (exact) mass is 579 g/mol. The summed E-state index contributed by atoms with van der Waals surface area (Å²) < 4.78 is 65.4. The van der Waals surface area contributed by atoms with Gasteiger partial charge in [0.15, 0.2) is 22.2 Å². The quantitative estimate of drug-likeness (QED) is 0.0799. The Kier molecular flexibility index (Phi) is 9.39. The van der Waals surface area contributed by atoms with Crippen molar-refractivity contribution in [2.45, 2.75) is 16.7 Å². The van der Waals surface area contributed by atoms with Gasteiger partial charge in [-0.3, -0.25) is 8.74 Å². The van der Waals surface area contributed by atoms with Crippen molar-refractivity contribution in [1.82, 2.24) is 15.0 Å². The lowest BCUT2D eigenvalue weighted by Crippen LogP contribution is -2.11. The third-order valence-electron chi connectivity index (χ3n) is 4.33. The largest absolute Gasteiger partial charge is 0.324 e. The second kappa shape index (κ2) is 12.1. The maximum Gasteiger partial charge on any atom is 0.294 e. The van der Waals surface area contributed by atoms with Crippen LogP contribution >= 0.6 is 23.9 Å². The smallest absolute Gasteiger partial charge is 0.294 e. The van der Waals surface area contributed by atoms with Crippen molar-refractivity contribution in [2.75, 3.05) is 23.0 Å². The molecule has 4 N–H and O–H groups in total. The molecule has 14 nitrogen and oxygen atoms in total. The highest BCUT2D eigenvalue weighted by Gasteiger charge is 2.16. The molecule has 0 amide bonds. The predicted octanol–water partition coefficient (Wildman–Crippen LogP) is 3.34. The Morgan fingerprint density at radius 2 is 1.58 bits per heavy atom. The van der Waals surface area contributed by atoms with E-state index in [1.54, 1.807) is 0 Å². The molecule has 194 valence electrons. The van der Waals surface area contributed by atoms with E-state index < -0.39 is 20.0 Å². The molecule has 2 aromatic carbocycles. The van der Waals surface area contributed by atoms with Gasteiger partial charge in [-0.25, -0.2) is 13.7 Å². The molecule has 0 saturated heterocycles. The minimum absolute atomic E-state index is 0.0423. The number of halogens is 1. The van der Waals surface area contributed by atoms with E-state index >= 15 is 0 Å². The predicted molar refractivity (Wildman–Crippen MR) is 129 cm³/mol. The lowest BCUT2D eigenvalue weighted by Gasteiger charge is -2.10. The van der Waals surface area contributed by atoms with Gasteiger partial charge in [-0.15, -0.1) is 4.33 Å². The fraction of sp³-hybridized carbons (Fsp3) is 0.167. The molecule has 0 saturated carbocycles. The van der Waals surface area contributed by atoms with E-state index in [1.807, 2.05) is 0 Å². The van der Waals surface area contributed by atoms with Gasteiger partial charge in [0.2, 0.25) is 17.2 Å². The average molecular weight is 580 g/mol. The molecule has 3 aromatic rings. The van der Waals surface area contributed by atoms with Crippen LogP contribution in [-0.4, -0.2) is 54.0 Å². The van der Waals surface area contributed by atoms with Crippen LogP contribution in [0.25, 0.3) is 0 Å². The number of aromatic nitrogens is 3. The SMILES string of the molecule is Cc1cc(Nc2nc(Cl)nc(Nc3ccc(S(=O)(=O)CCOSOOO)cc3)n2)ccc1S(=O)(=O)O. The average Bonchev–Trinajstić information content (AvgIpc) is 2.78. The molecule has 0 radical (unpaired) electrons. The molecular weight excluding hydrogens is 562 g/mol. The van der Waals surface area contributed by atoms with Crippen LogP contribution < -0.4 is 10.6 Å². The summed E-state index contributed by atoms with van der Waals surface area (Å²) in [5.41, 5.74) is 1.19.